The van der Waals surface area contributed by atoms with Gasteiger partial charge in [0.2, 0.25) is 0 Å². The first-order valence-corrected chi connectivity index (χ1v) is 8.68. The minimum atomic E-state index is -3.63. The summed E-state index contributed by atoms with van der Waals surface area (Å²) in [6.07, 6.45) is 4.02. The highest BCUT2D eigenvalue weighted by molar-refractivity contribution is 7.89. The van der Waals surface area contributed by atoms with Crippen molar-refractivity contribution in [2.24, 2.45) is 5.73 Å². The molecule has 21 heavy (non-hydrogen) atoms. The molecule has 1 fully saturated rings. The fraction of sp³-hybridized carbons (Fsp3) is 0.571. The normalized spacial score (nSPS) is 16.5. The summed E-state index contributed by atoms with van der Waals surface area (Å²) in [7, 11) is -2.18. The number of nitrogens with one attached hydrogen (secondary N) is 1. The van der Waals surface area contributed by atoms with E-state index in [2.05, 4.69) is 5.32 Å². The lowest BCUT2D eigenvalue weighted by molar-refractivity contribution is -0.113. The molecule has 0 aromatic heterocycles. The van der Waals surface area contributed by atoms with E-state index in [1.165, 1.54) is 7.05 Å². The Hall–Kier alpha value is -1.15. The van der Waals surface area contributed by atoms with Crippen LogP contribution in [-0.2, 0) is 14.9 Å². The average molecular weight is 313 g/mol. The predicted molar refractivity (Wildman–Crippen MR) is 82.3 cm³/mol. The van der Waals surface area contributed by atoms with Gasteiger partial charge < -0.3 is 11.1 Å². The molecular weight excluding hydrogens is 290 g/mol. The lowest BCUT2D eigenvalue weighted by atomic mass is 10.3. The molecule has 0 radical (unpaired) electrons. The van der Waals surface area contributed by atoms with Gasteiger partial charge >= 0.3 is 0 Å². The van der Waals surface area contributed by atoms with Crippen molar-refractivity contribution >= 4 is 15.7 Å². The lowest BCUT2D eigenvalue weighted by Gasteiger charge is -2.21. The van der Waals surface area contributed by atoms with Gasteiger partial charge in [-0.3, -0.25) is 4.84 Å². The van der Waals surface area contributed by atoms with Gasteiger partial charge in [0.05, 0.1) is 11.0 Å². The number of hydrogen-bond acceptors (Lipinski definition) is 5. The molecule has 0 unspecified atom stereocenters. The maximum Gasteiger partial charge on any atom is 0.264 e. The van der Waals surface area contributed by atoms with E-state index in [1.807, 2.05) is 6.07 Å². The zero-order valence-electron chi connectivity index (χ0n) is 12.3. The first kappa shape index (κ1) is 16.2. The van der Waals surface area contributed by atoms with Crippen LogP contribution in [0.1, 0.15) is 25.7 Å². The summed E-state index contributed by atoms with van der Waals surface area (Å²) in [5.41, 5.74) is 6.16. The summed E-state index contributed by atoms with van der Waals surface area (Å²) in [5, 5.41) is 3.07. The van der Waals surface area contributed by atoms with E-state index in [0.717, 1.165) is 35.8 Å². The monoisotopic (exact) mass is 313 g/mol. The number of benzene rings is 1. The number of sulfonamides is 1. The molecule has 0 heterocycles. The van der Waals surface area contributed by atoms with Crippen molar-refractivity contribution in [2.45, 2.75) is 36.7 Å². The predicted octanol–water partition coefficient (Wildman–Crippen LogP) is 1.55. The van der Waals surface area contributed by atoms with Crippen molar-refractivity contribution in [3.8, 4) is 0 Å². The molecule has 1 aliphatic carbocycles. The van der Waals surface area contributed by atoms with Crippen LogP contribution in [0.5, 0.6) is 0 Å². The number of nitrogens with zero attached hydrogens (tertiary/aromatic N) is 1. The highest BCUT2D eigenvalue weighted by Crippen LogP contribution is 2.25. The molecule has 1 saturated carbocycles. The van der Waals surface area contributed by atoms with Crippen LogP contribution in [0.15, 0.2) is 29.2 Å². The molecule has 1 aromatic rings. The third-order valence-corrected chi connectivity index (χ3v) is 5.16. The smallest absolute Gasteiger partial charge is 0.264 e. The Labute approximate surface area is 126 Å². The highest BCUT2D eigenvalue weighted by Gasteiger charge is 2.26. The quantitative estimate of drug-likeness (QED) is 0.746. The number of hydroxylamine groups is 1. The summed E-state index contributed by atoms with van der Waals surface area (Å²) in [5.74, 6) is 0. The van der Waals surface area contributed by atoms with E-state index in [9.17, 15) is 8.42 Å². The van der Waals surface area contributed by atoms with Gasteiger partial charge in [-0.15, -0.1) is 0 Å². The van der Waals surface area contributed by atoms with E-state index < -0.39 is 10.0 Å². The Morgan fingerprint density at radius 2 is 2.10 bits per heavy atom. The first-order valence-electron chi connectivity index (χ1n) is 7.24. The van der Waals surface area contributed by atoms with Gasteiger partial charge in [-0.05, 0) is 31.0 Å². The fourth-order valence-electron chi connectivity index (χ4n) is 2.39. The van der Waals surface area contributed by atoms with Crippen molar-refractivity contribution in [3.63, 3.8) is 0 Å². The van der Waals surface area contributed by atoms with Gasteiger partial charge in [-0.1, -0.05) is 23.4 Å². The van der Waals surface area contributed by atoms with Crippen molar-refractivity contribution in [1.29, 1.82) is 0 Å². The van der Waals surface area contributed by atoms with E-state index in [0.29, 0.717) is 13.1 Å². The molecular formula is C14H23N3O3S. The molecule has 0 atom stereocenters. The average Bonchev–Trinajstić information content (AvgIpc) is 2.98. The second kappa shape index (κ2) is 7.22. The number of nitrogens with two attached hydrogens (primary N) is 1. The minimum Gasteiger partial charge on any atom is -0.384 e. The van der Waals surface area contributed by atoms with Gasteiger partial charge in [0.15, 0.2) is 0 Å². The van der Waals surface area contributed by atoms with Crippen LogP contribution < -0.4 is 11.1 Å². The fourth-order valence-corrected chi connectivity index (χ4v) is 3.45. The molecule has 2 rings (SSSR count). The van der Waals surface area contributed by atoms with E-state index >= 15 is 0 Å². The molecule has 0 bridgehead atoms. The summed E-state index contributed by atoms with van der Waals surface area (Å²) in [6.45, 7) is 1.08. The van der Waals surface area contributed by atoms with Gasteiger partial charge in [0.25, 0.3) is 10.0 Å². The van der Waals surface area contributed by atoms with Crippen LogP contribution in [0, 0.1) is 0 Å². The van der Waals surface area contributed by atoms with Crippen molar-refractivity contribution in [2.75, 3.05) is 25.5 Å². The first-order chi connectivity index (χ1) is 10.0. The van der Waals surface area contributed by atoms with Crippen molar-refractivity contribution in [3.05, 3.63) is 24.3 Å². The summed E-state index contributed by atoms with van der Waals surface area (Å²) >= 11 is 0. The van der Waals surface area contributed by atoms with Crippen LogP contribution in [0.25, 0.3) is 0 Å². The van der Waals surface area contributed by atoms with Crippen LogP contribution in [0.4, 0.5) is 5.69 Å². The van der Waals surface area contributed by atoms with Gasteiger partial charge in [0, 0.05) is 25.8 Å². The Morgan fingerprint density at radius 3 is 2.76 bits per heavy atom. The summed E-state index contributed by atoms with van der Waals surface area (Å²) < 4.78 is 26.0. The Bertz CT molecular complexity index is 556. The lowest BCUT2D eigenvalue weighted by Crippen LogP contribution is -2.31. The molecule has 0 amide bonds. The summed E-state index contributed by atoms with van der Waals surface area (Å²) in [4.78, 5) is 5.77. The number of rotatable bonds is 7. The third-order valence-electron chi connectivity index (χ3n) is 3.54. The SMILES string of the molecule is CN(OC1CCCC1)S(=O)(=O)c1cccc(NCCN)c1. The molecule has 0 spiro atoms. The topological polar surface area (TPSA) is 84.7 Å². The maximum absolute atomic E-state index is 12.5. The zero-order chi connectivity index (χ0) is 15.3. The van der Waals surface area contributed by atoms with Crippen LogP contribution in [0.2, 0.25) is 0 Å². The van der Waals surface area contributed by atoms with Gasteiger partial charge in [-0.2, -0.15) is 0 Å². The minimum absolute atomic E-state index is 0.00308. The Kier molecular flexibility index (Phi) is 5.58. The Morgan fingerprint density at radius 1 is 1.38 bits per heavy atom. The van der Waals surface area contributed by atoms with Crippen LogP contribution >= 0.6 is 0 Å². The molecule has 0 aliphatic heterocycles. The maximum atomic E-state index is 12.5. The van der Waals surface area contributed by atoms with E-state index in [1.54, 1.807) is 18.2 Å². The number of hydrogen-bond donors (Lipinski definition) is 2. The van der Waals surface area contributed by atoms with Crippen molar-refractivity contribution < 1.29 is 13.3 Å². The molecule has 6 nitrogen and oxygen atoms in total. The number of anilines is 1. The molecule has 7 heteroatoms. The molecule has 3 N–H and O–H groups in total. The second-order valence-corrected chi connectivity index (χ2v) is 7.11. The van der Waals surface area contributed by atoms with E-state index in [-0.39, 0.29) is 11.0 Å². The second-order valence-electron chi connectivity index (χ2n) is 5.17. The van der Waals surface area contributed by atoms with Gasteiger partial charge in [-0.25, -0.2) is 8.42 Å². The summed E-state index contributed by atoms with van der Waals surface area (Å²) in [6, 6.07) is 6.68. The molecule has 0 saturated heterocycles. The largest absolute Gasteiger partial charge is 0.384 e. The molecule has 118 valence electrons. The highest BCUT2D eigenvalue weighted by atomic mass is 32.2. The van der Waals surface area contributed by atoms with Gasteiger partial charge in [0.1, 0.15) is 0 Å². The molecule has 1 aliphatic rings. The molecule has 1 aromatic carbocycles. The Balaban J connectivity index is 2.10. The van der Waals surface area contributed by atoms with E-state index in [4.69, 9.17) is 10.6 Å². The third kappa shape index (κ3) is 4.16. The van der Waals surface area contributed by atoms with Crippen LogP contribution in [0.3, 0.4) is 0 Å². The zero-order valence-corrected chi connectivity index (χ0v) is 13.1. The van der Waals surface area contributed by atoms with Crippen LogP contribution in [-0.4, -0.2) is 39.1 Å². The van der Waals surface area contributed by atoms with Crippen molar-refractivity contribution in [1.82, 2.24) is 4.47 Å². The standard InChI is InChI=1S/C14H23N3O3S/c1-17(20-13-6-2-3-7-13)21(18,19)14-8-4-5-12(11-14)16-10-9-15/h4-5,8,11,13,16H,2-3,6-7,9-10,15H2,1H3.